The Balaban J connectivity index is 2.37. The van der Waals surface area contributed by atoms with E-state index in [2.05, 4.69) is 4.98 Å². The van der Waals surface area contributed by atoms with Gasteiger partial charge in [-0.05, 0) is 18.2 Å². The number of fused-ring (bicyclic) bond motifs is 1. The van der Waals surface area contributed by atoms with Crippen LogP contribution in [0.1, 0.15) is 5.69 Å². The minimum atomic E-state index is -0.271. The summed E-state index contributed by atoms with van der Waals surface area (Å²) in [7, 11) is 1.64. The highest BCUT2D eigenvalue weighted by Crippen LogP contribution is 2.26. The number of nitrogens with one attached hydrogen (secondary N) is 1. The van der Waals surface area contributed by atoms with Crippen molar-refractivity contribution in [2.45, 2.75) is 6.61 Å². The van der Waals surface area contributed by atoms with Crippen molar-refractivity contribution in [1.82, 2.24) is 4.98 Å². The summed E-state index contributed by atoms with van der Waals surface area (Å²) in [5.74, 6) is 0.832. The van der Waals surface area contributed by atoms with Crippen LogP contribution < -0.4 is 4.74 Å². The Hall–Kier alpha value is -1.52. The first-order valence-corrected chi connectivity index (χ1v) is 4.68. The molecule has 1 aromatic heterocycles. The highest BCUT2D eigenvalue weighted by Gasteiger charge is 2.05. The van der Waals surface area contributed by atoms with Crippen molar-refractivity contribution < 1.29 is 14.6 Å². The predicted octanol–water partition coefficient (Wildman–Crippen LogP) is 1.64. The van der Waals surface area contributed by atoms with E-state index in [0.29, 0.717) is 6.61 Å². The SMILES string of the molecule is COc1cccc2[nH]c(COCO)cc12. The van der Waals surface area contributed by atoms with Crippen molar-refractivity contribution in [2.75, 3.05) is 13.9 Å². The molecule has 0 spiro atoms. The van der Waals surface area contributed by atoms with Crippen LogP contribution in [-0.2, 0) is 11.3 Å². The second-order valence-corrected chi connectivity index (χ2v) is 3.19. The van der Waals surface area contributed by atoms with Gasteiger partial charge in [0.1, 0.15) is 12.5 Å². The summed E-state index contributed by atoms with van der Waals surface area (Å²) in [6, 6.07) is 7.77. The van der Waals surface area contributed by atoms with E-state index < -0.39 is 0 Å². The fourth-order valence-electron chi connectivity index (χ4n) is 1.60. The largest absolute Gasteiger partial charge is 0.496 e. The van der Waals surface area contributed by atoms with E-state index in [1.807, 2.05) is 24.3 Å². The van der Waals surface area contributed by atoms with E-state index >= 15 is 0 Å². The standard InChI is InChI=1S/C11H13NO3/c1-14-11-4-2-3-10-9(11)5-8(12-10)6-15-7-13/h2-5,12-13H,6-7H2,1H3. The van der Waals surface area contributed by atoms with Gasteiger partial charge in [-0.3, -0.25) is 0 Å². The average molecular weight is 207 g/mol. The van der Waals surface area contributed by atoms with Crippen LogP contribution in [-0.4, -0.2) is 24.0 Å². The number of aromatic nitrogens is 1. The van der Waals surface area contributed by atoms with Gasteiger partial charge in [0, 0.05) is 16.6 Å². The van der Waals surface area contributed by atoms with Gasteiger partial charge in [-0.2, -0.15) is 0 Å². The number of methoxy groups -OCH3 is 1. The van der Waals surface area contributed by atoms with Gasteiger partial charge < -0.3 is 19.6 Å². The summed E-state index contributed by atoms with van der Waals surface area (Å²) in [4.78, 5) is 3.19. The van der Waals surface area contributed by atoms with Crippen molar-refractivity contribution in [3.05, 3.63) is 30.0 Å². The molecule has 1 aromatic carbocycles. The Kier molecular flexibility index (Phi) is 2.89. The van der Waals surface area contributed by atoms with Crippen LogP contribution in [0, 0.1) is 0 Å². The van der Waals surface area contributed by atoms with Gasteiger partial charge in [0.2, 0.25) is 0 Å². The molecule has 0 bridgehead atoms. The quantitative estimate of drug-likeness (QED) is 0.749. The van der Waals surface area contributed by atoms with E-state index in [4.69, 9.17) is 14.6 Å². The zero-order chi connectivity index (χ0) is 10.7. The lowest BCUT2D eigenvalue weighted by molar-refractivity contribution is -0.0123. The average Bonchev–Trinajstić information content (AvgIpc) is 2.68. The molecule has 0 saturated carbocycles. The number of rotatable bonds is 4. The molecule has 80 valence electrons. The molecule has 0 unspecified atom stereocenters. The van der Waals surface area contributed by atoms with Crippen molar-refractivity contribution in [1.29, 1.82) is 0 Å². The monoisotopic (exact) mass is 207 g/mol. The molecule has 0 fully saturated rings. The maximum absolute atomic E-state index is 8.54. The fourth-order valence-corrected chi connectivity index (χ4v) is 1.60. The lowest BCUT2D eigenvalue weighted by atomic mass is 10.2. The van der Waals surface area contributed by atoms with Crippen LogP contribution in [0.4, 0.5) is 0 Å². The molecular formula is C11H13NO3. The third-order valence-electron chi connectivity index (χ3n) is 2.25. The normalized spacial score (nSPS) is 10.8. The van der Waals surface area contributed by atoms with Crippen molar-refractivity contribution in [2.24, 2.45) is 0 Å². The molecule has 0 aliphatic rings. The van der Waals surface area contributed by atoms with E-state index in [1.54, 1.807) is 7.11 Å². The topological polar surface area (TPSA) is 54.5 Å². The van der Waals surface area contributed by atoms with Crippen LogP contribution in [0.2, 0.25) is 0 Å². The van der Waals surface area contributed by atoms with Gasteiger partial charge in [-0.1, -0.05) is 6.07 Å². The van der Waals surface area contributed by atoms with E-state index in [9.17, 15) is 0 Å². The molecule has 2 aromatic rings. The second-order valence-electron chi connectivity index (χ2n) is 3.19. The first kappa shape index (κ1) is 10.0. The molecule has 1 heterocycles. The van der Waals surface area contributed by atoms with Gasteiger partial charge in [-0.15, -0.1) is 0 Å². The second kappa shape index (κ2) is 4.33. The third kappa shape index (κ3) is 1.95. The van der Waals surface area contributed by atoms with Gasteiger partial charge in [0.05, 0.1) is 13.7 Å². The van der Waals surface area contributed by atoms with Gasteiger partial charge >= 0.3 is 0 Å². The summed E-state index contributed by atoms with van der Waals surface area (Å²) in [5, 5.41) is 9.57. The summed E-state index contributed by atoms with van der Waals surface area (Å²) >= 11 is 0. The van der Waals surface area contributed by atoms with E-state index in [0.717, 1.165) is 22.3 Å². The summed E-state index contributed by atoms with van der Waals surface area (Å²) in [6.07, 6.45) is 0. The zero-order valence-electron chi connectivity index (χ0n) is 8.49. The van der Waals surface area contributed by atoms with Crippen molar-refractivity contribution in [3.8, 4) is 5.75 Å². The molecule has 0 saturated heterocycles. The third-order valence-corrected chi connectivity index (χ3v) is 2.25. The summed E-state index contributed by atoms with van der Waals surface area (Å²) < 4.78 is 10.1. The molecule has 0 amide bonds. The van der Waals surface area contributed by atoms with Gasteiger partial charge in [0.15, 0.2) is 0 Å². The smallest absolute Gasteiger partial charge is 0.144 e. The van der Waals surface area contributed by atoms with Crippen molar-refractivity contribution in [3.63, 3.8) is 0 Å². The summed E-state index contributed by atoms with van der Waals surface area (Å²) in [6.45, 7) is 0.0981. The number of aliphatic hydroxyl groups excluding tert-OH is 1. The van der Waals surface area contributed by atoms with Crippen LogP contribution in [0.5, 0.6) is 5.75 Å². The van der Waals surface area contributed by atoms with E-state index in [1.165, 1.54) is 0 Å². The molecule has 15 heavy (non-hydrogen) atoms. The zero-order valence-corrected chi connectivity index (χ0v) is 8.49. The molecule has 0 aliphatic heterocycles. The highest BCUT2D eigenvalue weighted by atomic mass is 16.6. The lowest BCUT2D eigenvalue weighted by Gasteiger charge is -1.99. The Morgan fingerprint density at radius 3 is 3.00 bits per heavy atom. The highest BCUT2D eigenvalue weighted by molar-refractivity contribution is 5.86. The Morgan fingerprint density at radius 2 is 2.27 bits per heavy atom. The lowest BCUT2D eigenvalue weighted by Crippen LogP contribution is -1.93. The maximum atomic E-state index is 8.54. The number of hydrogen-bond donors (Lipinski definition) is 2. The Bertz CT molecular complexity index is 450. The molecule has 0 atom stereocenters. The molecule has 4 nitrogen and oxygen atoms in total. The first-order valence-electron chi connectivity index (χ1n) is 4.68. The van der Waals surface area contributed by atoms with Crippen LogP contribution in [0.3, 0.4) is 0 Å². The Morgan fingerprint density at radius 1 is 1.40 bits per heavy atom. The fraction of sp³-hybridized carbons (Fsp3) is 0.273. The molecule has 0 aliphatic carbocycles. The molecule has 2 N–H and O–H groups in total. The van der Waals surface area contributed by atoms with Crippen LogP contribution in [0.25, 0.3) is 10.9 Å². The molecule has 0 radical (unpaired) electrons. The molecular weight excluding hydrogens is 194 g/mol. The number of hydrogen-bond acceptors (Lipinski definition) is 3. The number of aliphatic hydroxyl groups is 1. The number of benzene rings is 1. The van der Waals surface area contributed by atoms with Gasteiger partial charge in [-0.25, -0.2) is 0 Å². The summed E-state index contributed by atoms with van der Waals surface area (Å²) in [5.41, 5.74) is 1.93. The van der Waals surface area contributed by atoms with Crippen LogP contribution in [0.15, 0.2) is 24.3 Å². The number of ether oxygens (including phenoxy) is 2. The number of aromatic amines is 1. The Labute approximate surface area is 87.4 Å². The van der Waals surface area contributed by atoms with E-state index in [-0.39, 0.29) is 6.79 Å². The number of H-pyrrole nitrogens is 1. The van der Waals surface area contributed by atoms with Crippen molar-refractivity contribution >= 4 is 10.9 Å². The minimum Gasteiger partial charge on any atom is -0.496 e. The van der Waals surface area contributed by atoms with Crippen LogP contribution >= 0.6 is 0 Å². The molecule has 4 heteroatoms. The first-order chi connectivity index (χ1) is 7.35. The molecule has 2 rings (SSSR count). The maximum Gasteiger partial charge on any atom is 0.144 e. The van der Waals surface area contributed by atoms with Gasteiger partial charge in [0.25, 0.3) is 0 Å². The predicted molar refractivity (Wildman–Crippen MR) is 56.7 cm³/mol. The minimum absolute atomic E-state index is 0.271.